The standard InChI is InChI=1S/C25H16BrN3O3/c26-17-11-10-16-12-19(25(31)32-22(16)13-17)23-20(18-8-4-5-9-21(18)28-23)14-27-29-24(30)15-6-2-1-3-7-15/h1-14,28H,(H,29,30)/b27-14+. The second kappa shape index (κ2) is 8.28. The molecule has 0 radical (unpaired) electrons. The minimum Gasteiger partial charge on any atom is -0.422 e. The summed E-state index contributed by atoms with van der Waals surface area (Å²) in [6, 6.07) is 23.8. The number of aromatic nitrogens is 1. The number of para-hydroxylation sites is 1. The smallest absolute Gasteiger partial charge is 0.345 e. The predicted molar refractivity (Wildman–Crippen MR) is 129 cm³/mol. The highest BCUT2D eigenvalue weighted by Crippen LogP contribution is 2.29. The van der Waals surface area contributed by atoms with Crippen LogP contribution in [0.2, 0.25) is 0 Å². The van der Waals surface area contributed by atoms with E-state index in [2.05, 4.69) is 31.4 Å². The van der Waals surface area contributed by atoms with Crippen molar-refractivity contribution in [2.45, 2.75) is 0 Å². The first-order valence-corrected chi connectivity index (χ1v) is 10.6. The maximum Gasteiger partial charge on any atom is 0.345 e. The molecule has 0 aliphatic rings. The van der Waals surface area contributed by atoms with E-state index in [0.29, 0.717) is 28.0 Å². The van der Waals surface area contributed by atoms with E-state index in [9.17, 15) is 9.59 Å². The maximum absolute atomic E-state index is 12.8. The van der Waals surface area contributed by atoms with Gasteiger partial charge in [-0.3, -0.25) is 4.79 Å². The molecular weight excluding hydrogens is 470 g/mol. The second-order valence-electron chi connectivity index (χ2n) is 7.15. The molecule has 156 valence electrons. The summed E-state index contributed by atoms with van der Waals surface area (Å²) in [4.78, 5) is 28.4. The van der Waals surface area contributed by atoms with Crippen LogP contribution in [0.1, 0.15) is 15.9 Å². The number of hydrazone groups is 1. The molecule has 7 heteroatoms. The number of nitrogens with zero attached hydrogens (tertiary/aromatic N) is 1. The molecule has 0 saturated heterocycles. The summed E-state index contributed by atoms with van der Waals surface area (Å²) in [6.45, 7) is 0. The predicted octanol–water partition coefficient (Wildman–Crippen LogP) is 5.47. The van der Waals surface area contributed by atoms with E-state index >= 15 is 0 Å². The summed E-state index contributed by atoms with van der Waals surface area (Å²) in [5.41, 5.74) is 5.55. The summed E-state index contributed by atoms with van der Waals surface area (Å²) in [5.74, 6) is -0.320. The van der Waals surface area contributed by atoms with Gasteiger partial charge < -0.3 is 9.40 Å². The summed E-state index contributed by atoms with van der Waals surface area (Å²) < 4.78 is 6.39. The van der Waals surface area contributed by atoms with Gasteiger partial charge in [0.15, 0.2) is 0 Å². The highest BCUT2D eigenvalue weighted by atomic mass is 79.9. The Morgan fingerprint density at radius 2 is 1.78 bits per heavy atom. The van der Waals surface area contributed by atoms with Crippen LogP contribution in [0.4, 0.5) is 0 Å². The molecule has 3 aromatic carbocycles. The Balaban J connectivity index is 1.59. The van der Waals surface area contributed by atoms with E-state index in [0.717, 1.165) is 20.8 Å². The average molecular weight is 486 g/mol. The van der Waals surface area contributed by atoms with Crippen molar-refractivity contribution >= 4 is 49.9 Å². The van der Waals surface area contributed by atoms with Gasteiger partial charge in [-0.15, -0.1) is 0 Å². The van der Waals surface area contributed by atoms with Gasteiger partial charge >= 0.3 is 5.63 Å². The first-order valence-electron chi connectivity index (χ1n) is 9.83. The molecule has 5 aromatic rings. The zero-order valence-electron chi connectivity index (χ0n) is 16.6. The summed E-state index contributed by atoms with van der Waals surface area (Å²) in [6.07, 6.45) is 1.54. The number of benzene rings is 3. The van der Waals surface area contributed by atoms with Crippen LogP contribution in [-0.2, 0) is 0 Å². The minimum absolute atomic E-state index is 0.320. The fourth-order valence-electron chi connectivity index (χ4n) is 3.58. The van der Waals surface area contributed by atoms with Crippen LogP contribution >= 0.6 is 15.9 Å². The highest BCUT2D eigenvalue weighted by molar-refractivity contribution is 9.10. The summed E-state index contributed by atoms with van der Waals surface area (Å²) in [5, 5.41) is 5.81. The van der Waals surface area contributed by atoms with E-state index in [4.69, 9.17) is 4.42 Å². The highest BCUT2D eigenvalue weighted by Gasteiger charge is 2.16. The van der Waals surface area contributed by atoms with Gasteiger partial charge in [-0.2, -0.15) is 5.10 Å². The Morgan fingerprint density at radius 3 is 2.62 bits per heavy atom. The monoisotopic (exact) mass is 485 g/mol. The van der Waals surface area contributed by atoms with Crippen LogP contribution < -0.4 is 11.1 Å². The molecule has 0 spiro atoms. The van der Waals surface area contributed by atoms with Crippen molar-refractivity contribution in [3.63, 3.8) is 0 Å². The van der Waals surface area contributed by atoms with Gasteiger partial charge in [0.25, 0.3) is 5.91 Å². The van der Waals surface area contributed by atoms with Crippen LogP contribution in [0.25, 0.3) is 33.1 Å². The molecule has 0 saturated carbocycles. The Hall–Kier alpha value is -3.97. The second-order valence-corrected chi connectivity index (χ2v) is 8.07. The number of fused-ring (bicyclic) bond motifs is 2. The minimum atomic E-state index is -0.467. The summed E-state index contributed by atoms with van der Waals surface area (Å²) >= 11 is 3.39. The van der Waals surface area contributed by atoms with Gasteiger partial charge in [0, 0.05) is 31.9 Å². The third-order valence-electron chi connectivity index (χ3n) is 5.11. The van der Waals surface area contributed by atoms with E-state index in [1.165, 1.54) is 0 Å². The molecule has 6 nitrogen and oxygen atoms in total. The first kappa shape index (κ1) is 20.0. The molecule has 32 heavy (non-hydrogen) atoms. The zero-order chi connectivity index (χ0) is 22.1. The van der Waals surface area contributed by atoms with Crippen LogP contribution in [0.3, 0.4) is 0 Å². The van der Waals surface area contributed by atoms with Crippen molar-refractivity contribution < 1.29 is 9.21 Å². The van der Waals surface area contributed by atoms with Crippen LogP contribution in [0, 0.1) is 0 Å². The Morgan fingerprint density at radius 1 is 1.00 bits per heavy atom. The molecule has 0 bridgehead atoms. The van der Waals surface area contributed by atoms with Crippen molar-refractivity contribution in [3.05, 3.63) is 105 Å². The third-order valence-corrected chi connectivity index (χ3v) is 5.60. The van der Waals surface area contributed by atoms with Crippen molar-refractivity contribution in [2.24, 2.45) is 5.10 Å². The van der Waals surface area contributed by atoms with Crippen molar-refractivity contribution in [1.82, 2.24) is 10.4 Å². The quantitative estimate of drug-likeness (QED) is 0.201. The molecule has 0 aliphatic heterocycles. The fraction of sp³-hybridized carbons (Fsp3) is 0. The number of amides is 1. The van der Waals surface area contributed by atoms with Gasteiger partial charge in [0.2, 0.25) is 0 Å². The Kier molecular flexibility index (Phi) is 5.17. The first-order chi connectivity index (χ1) is 15.6. The molecular formula is C25H16BrN3O3. The van der Waals surface area contributed by atoms with E-state index in [1.807, 2.05) is 42.5 Å². The fourth-order valence-corrected chi connectivity index (χ4v) is 3.92. The van der Waals surface area contributed by atoms with Gasteiger partial charge in [-0.25, -0.2) is 10.2 Å². The van der Waals surface area contributed by atoms with Crippen molar-refractivity contribution in [3.8, 4) is 11.3 Å². The van der Waals surface area contributed by atoms with E-state index in [1.54, 1.807) is 42.6 Å². The lowest BCUT2D eigenvalue weighted by molar-refractivity contribution is 0.0955. The number of hydrogen-bond donors (Lipinski definition) is 2. The molecule has 0 aliphatic carbocycles. The van der Waals surface area contributed by atoms with Gasteiger partial charge in [-0.05, 0) is 36.4 Å². The number of carbonyl (C=O) groups excluding carboxylic acids is 1. The van der Waals surface area contributed by atoms with Crippen molar-refractivity contribution in [1.29, 1.82) is 0 Å². The Labute approximate surface area is 190 Å². The van der Waals surface area contributed by atoms with E-state index < -0.39 is 5.63 Å². The molecule has 2 heterocycles. The number of hydrogen-bond acceptors (Lipinski definition) is 4. The van der Waals surface area contributed by atoms with Crippen molar-refractivity contribution in [2.75, 3.05) is 0 Å². The van der Waals surface area contributed by atoms with Gasteiger partial charge in [0.05, 0.1) is 17.5 Å². The number of halogens is 1. The molecule has 0 unspecified atom stereocenters. The van der Waals surface area contributed by atoms with Crippen LogP contribution in [-0.4, -0.2) is 17.1 Å². The van der Waals surface area contributed by atoms with Gasteiger partial charge in [0.1, 0.15) is 5.58 Å². The number of H-pyrrole nitrogens is 1. The normalized spacial score (nSPS) is 11.4. The lowest BCUT2D eigenvalue weighted by atomic mass is 10.1. The maximum atomic E-state index is 12.8. The average Bonchev–Trinajstić information content (AvgIpc) is 3.17. The molecule has 0 fully saturated rings. The van der Waals surface area contributed by atoms with Crippen LogP contribution in [0.15, 0.2) is 97.6 Å². The largest absolute Gasteiger partial charge is 0.422 e. The summed E-state index contributed by atoms with van der Waals surface area (Å²) in [7, 11) is 0. The zero-order valence-corrected chi connectivity index (χ0v) is 18.2. The SMILES string of the molecule is O=C(N/N=C/c1c(-c2cc3ccc(Br)cc3oc2=O)[nH]c2ccccc12)c1ccccc1. The number of rotatable bonds is 4. The lowest BCUT2D eigenvalue weighted by Gasteiger charge is -2.03. The number of aromatic amines is 1. The topological polar surface area (TPSA) is 87.5 Å². The third kappa shape index (κ3) is 3.74. The van der Waals surface area contributed by atoms with Crippen LogP contribution in [0.5, 0.6) is 0 Å². The molecule has 2 N–H and O–H groups in total. The molecule has 0 atom stereocenters. The molecule has 2 aromatic heterocycles. The Bertz CT molecular complexity index is 1550. The van der Waals surface area contributed by atoms with Gasteiger partial charge in [-0.1, -0.05) is 58.4 Å². The van der Waals surface area contributed by atoms with E-state index in [-0.39, 0.29) is 5.91 Å². The lowest BCUT2D eigenvalue weighted by Crippen LogP contribution is -2.17. The number of nitrogens with one attached hydrogen (secondary N) is 2. The molecule has 1 amide bonds. The molecule has 5 rings (SSSR count). The number of carbonyl (C=O) groups is 1.